The zero-order valence-corrected chi connectivity index (χ0v) is 7.13. The predicted molar refractivity (Wildman–Crippen MR) is 40.7 cm³/mol. The van der Waals surface area contributed by atoms with Crippen molar-refractivity contribution in [3.8, 4) is 0 Å². The first-order valence-corrected chi connectivity index (χ1v) is 3.87. The first-order valence-electron chi connectivity index (χ1n) is 3.87. The lowest BCUT2D eigenvalue weighted by molar-refractivity contribution is -0.159. The van der Waals surface area contributed by atoms with Gasteiger partial charge in [-0.1, -0.05) is 13.8 Å². The molecule has 0 aliphatic heterocycles. The molecule has 2 N–H and O–H groups in total. The molecule has 0 radical (unpaired) electrons. The van der Waals surface area contributed by atoms with Gasteiger partial charge in [0.25, 0.3) is 0 Å². The van der Waals surface area contributed by atoms with Gasteiger partial charge in [0.05, 0.1) is 0 Å². The second kappa shape index (κ2) is 2.21. The van der Waals surface area contributed by atoms with Gasteiger partial charge in [-0.05, 0) is 18.3 Å². The molecule has 0 bridgehead atoms. The van der Waals surface area contributed by atoms with Crippen LogP contribution < -0.4 is 0 Å². The summed E-state index contributed by atoms with van der Waals surface area (Å²) >= 11 is 0. The normalized spacial score (nSPS) is 31.2. The summed E-state index contributed by atoms with van der Waals surface area (Å²) in [5, 5.41) is 17.5. The highest BCUT2D eigenvalue weighted by atomic mass is 16.4. The second-order valence-corrected chi connectivity index (χ2v) is 3.61. The molecular formula is C8H12O4. The van der Waals surface area contributed by atoms with Crippen molar-refractivity contribution in [2.24, 2.45) is 10.8 Å². The van der Waals surface area contributed by atoms with Crippen molar-refractivity contribution in [2.45, 2.75) is 26.7 Å². The zero-order chi connectivity index (χ0) is 9.57. The molecule has 1 atom stereocenters. The molecule has 1 fully saturated rings. The molecule has 0 unspecified atom stereocenters. The average molecular weight is 172 g/mol. The Labute approximate surface area is 70.2 Å². The highest BCUT2D eigenvalue weighted by Gasteiger charge is 2.74. The summed E-state index contributed by atoms with van der Waals surface area (Å²) in [6, 6.07) is 0. The Bertz CT molecular complexity index is 231. The van der Waals surface area contributed by atoms with Gasteiger partial charge in [0.2, 0.25) is 0 Å². The van der Waals surface area contributed by atoms with Gasteiger partial charge in [0.15, 0.2) is 5.41 Å². The van der Waals surface area contributed by atoms with E-state index in [2.05, 4.69) is 0 Å². The second-order valence-electron chi connectivity index (χ2n) is 3.61. The van der Waals surface area contributed by atoms with Gasteiger partial charge in [-0.15, -0.1) is 0 Å². The maximum absolute atomic E-state index is 10.7. The van der Waals surface area contributed by atoms with Crippen molar-refractivity contribution in [2.75, 3.05) is 0 Å². The lowest BCUT2D eigenvalue weighted by Gasteiger charge is -2.12. The summed E-state index contributed by atoms with van der Waals surface area (Å²) in [6.07, 6.45) is 0.840. The van der Waals surface area contributed by atoms with Crippen LogP contribution >= 0.6 is 0 Å². The number of carboxylic acid groups (broad SMARTS) is 2. The van der Waals surface area contributed by atoms with E-state index in [4.69, 9.17) is 10.2 Å². The molecule has 4 heteroatoms. The van der Waals surface area contributed by atoms with Gasteiger partial charge >= 0.3 is 11.9 Å². The minimum Gasteiger partial charge on any atom is -0.480 e. The molecule has 1 aliphatic rings. The molecule has 0 aromatic rings. The van der Waals surface area contributed by atoms with E-state index in [-0.39, 0.29) is 6.42 Å². The van der Waals surface area contributed by atoms with E-state index < -0.39 is 22.8 Å². The van der Waals surface area contributed by atoms with Crippen molar-refractivity contribution in [3.63, 3.8) is 0 Å². The molecule has 0 heterocycles. The van der Waals surface area contributed by atoms with Crippen LogP contribution in [0.1, 0.15) is 26.7 Å². The number of rotatable bonds is 3. The van der Waals surface area contributed by atoms with Crippen molar-refractivity contribution >= 4 is 11.9 Å². The Morgan fingerprint density at radius 1 is 1.33 bits per heavy atom. The van der Waals surface area contributed by atoms with Crippen LogP contribution in [-0.4, -0.2) is 22.2 Å². The third-order valence-electron chi connectivity index (χ3n) is 3.07. The summed E-state index contributed by atoms with van der Waals surface area (Å²) in [5.41, 5.74) is -2.06. The SMILES string of the molecule is CC[C@@]1(C)CC1(C(=O)O)C(=O)O. The molecule has 0 amide bonds. The van der Waals surface area contributed by atoms with E-state index in [0.29, 0.717) is 6.42 Å². The highest BCUT2D eigenvalue weighted by Crippen LogP contribution is 2.65. The summed E-state index contributed by atoms with van der Waals surface area (Å²) in [5.74, 6) is -2.42. The molecule has 1 saturated carbocycles. The lowest BCUT2D eigenvalue weighted by atomic mass is 9.92. The fourth-order valence-electron chi connectivity index (χ4n) is 1.73. The fourth-order valence-corrected chi connectivity index (χ4v) is 1.73. The molecule has 4 nitrogen and oxygen atoms in total. The number of hydrogen-bond acceptors (Lipinski definition) is 2. The smallest absolute Gasteiger partial charge is 0.321 e. The number of carbonyl (C=O) groups is 2. The minimum absolute atomic E-state index is 0.251. The van der Waals surface area contributed by atoms with Crippen LogP contribution in [0.2, 0.25) is 0 Å². The number of carboxylic acids is 2. The molecule has 0 saturated heterocycles. The monoisotopic (exact) mass is 172 g/mol. The summed E-state index contributed by atoms with van der Waals surface area (Å²) in [6.45, 7) is 3.52. The van der Waals surface area contributed by atoms with Crippen molar-refractivity contribution in [1.82, 2.24) is 0 Å². The third-order valence-corrected chi connectivity index (χ3v) is 3.07. The molecule has 12 heavy (non-hydrogen) atoms. The van der Waals surface area contributed by atoms with E-state index in [1.165, 1.54) is 0 Å². The van der Waals surface area contributed by atoms with Gasteiger partial charge in [-0.3, -0.25) is 9.59 Å². The largest absolute Gasteiger partial charge is 0.480 e. The van der Waals surface area contributed by atoms with Gasteiger partial charge in [0.1, 0.15) is 0 Å². The summed E-state index contributed by atoms with van der Waals surface area (Å²) in [4.78, 5) is 21.4. The van der Waals surface area contributed by atoms with Crippen LogP contribution in [0, 0.1) is 10.8 Å². The van der Waals surface area contributed by atoms with Gasteiger partial charge < -0.3 is 10.2 Å². The molecule has 1 rings (SSSR count). The van der Waals surface area contributed by atoms with Gasteiger partial charge in [-0.25, -0.2) is 0 Å². The molecule has 0 aromatic heterocycles. The van der Waals surface area contributed by atoms with E-state index >= 15 is 0 Å². The molecular weight excluding hydrogens is 160 g/mol. The van der Waals surface area contributed by atoms with Gasteiger partial charge in [0, 0.05) is 0 Å². The topological polar surface area (TPSA) is 74.6 Å². The standard InChI is InChI=1S/C8H12O4/c1-3-7(2)4-8(7,5(9)10)6(11)12/h3-4H2,1-2H3,(H,9,10)(H,11,12)/t7-/m0/s1. The van der Waals surface area contributed by atoms with Crippen molar-refractivity contribution in [1.29, 1.82) is 0 Å². The molecule has 0 aromatic carbocycles. The highest BCUT2D eigenvalue weighted by molar-refractivity contribution is 6.03. The van der Waals surface area contributed by atoms with Gasteiger partial charge in [-0.2, -0.15) is 0 Å². The number of aliphatic carboxylic acids is 2. The Balaban J connectivity index is 2.97. The van der Waals surface area contributed by atoms with Crippen LogP contribution in [-0.2, 0) is 9.59 Å². The van der Waals surface area contributed by atoms with E-state index in [1.807, 2.05) is 6.92 Å². The quantitative estimate of drug-likeness (QED) is 0.622. The lowest BCUT2D eigenvalue weighted by Crippen LogP contribution is -2.30. The number of hydrogen-bond donors (Lipinski definition) is 2. The van der Waals surface area contributed by atoms with E-state index in [1.54, 1.807) is 6.92 Å². The molecule has 1 aliphatic carbocycles. The maximum Gasteiger partial charge on any atom is 0.321 e. The first-order chi connectivity index (χ1) is 5.40. The Morgan fingerprint density at radius 3 is 1.83 bits per heavy atom. The zero-order valence-electron chi connectivity index (χ0n) is 7.13. The van der Waals surface area contributed by atoms with Crippen molar-refractivity contribution in [3.05, 3.63) is 0 Å². The summed E-state index contributed by atoms with van der Waals surface area (Å²) in [7, 11) is 0. The Kier molecular flexibility index (Phi) is 1.67. The fraction of sp³-hybridized carbons (Fsp3) is 0.750. The Morgan fingerprint density at radius 2 is 1.75 bits per heavy atom. The first kappa shape index (κ1) is 9.03. The van der Waals surface area contributed by atoms with E-state index in [9.17, 15) is 9.59 Å². The minimum atomic E-state index is -1.51. The van der Waals surface area contributed by atoms with Crippen LogP contribution in [0.3, 0.4) is 0 Å². The summed E-state index contributed by atoms with van der Waals surface area (Å²) < 4.78 is 0. The predicted octanol–water partition coefficient (Wildman–Crippen LogP) is 0.962. The average Bonchev–Trinajstić information content (AvgIpc) is 2.59. The van der Waals surface area contributed by atoms with Crippen LogP contribution in [0.4, 0.5) is 0 Å². The van der Waals surface area contributed by atoms with Crippen LogP contribution in [0.5, 0.6) is 0 Å². The molecule has 0 spiro atoms. The van der Waals surface area contributed by atoms with Crippen LogP contribution in [0.15, 0.2) is 0 Å². The molecule has 68 valence electrons. The maximum atomic E-state index is 10.7. The van der Waals surface area contributed by atoms with Crippen molar-refractivity contribution < 1.29 is 19.8 Å². The third kappa shape index (κ3) is 0.777. The van der Waals surface area contributed by atoms with E-state index in [0.717, 1.165) is 0 Å². The van der Waals surface area contributed by atoms with Crippen LogP contribution in [0.25, 0.3) is 0 Å². The Hall–Kier alpha value is -1.06.